The van der Waals surface area contributed by atoms with Crippen molar-refractivity contribution in [3.8, 4) is 11.5 Å². The van der Waals surface area contributed by atoms with Crippen molar-refractivity contribution in [2.24, 2.45) is 7.05 Å². The highest BCUT2D eigenvalue weighted by Crippen LogP contribution is 2.24. The van der Waals surface area contributed by atoms with Crippen molar-refractivity contribution in [2.45, 2.75) is 0 Å². The van der Waals surface area contributed by atoms with Crippen LogP contribution in [0.4, 0.5) is 5.95 Å². The Bertz CT molecular complexity index is 704. The molecule has 136 valence electrons. The Kier molecular flexibility index (Phi) is 6.14. The van der Waals surface area contributed by atoms with Gasteiger partial charge in [0.05, 0.1) is 14.2 Å². The molecule has 0 aliphatic carbocycles. The Labute approximate surface area is 153 Å². The average Bonchev–Trinajstić information content (AvgIpc) is 3.06. The second kappa shape index (κ2) is 8.11. The zero-order chi connectivity index (χ0) is 17.1. The van der Waals surface area contributed by atoms with E-state index in [1.807, 2.05) is 22.7 Å². The van der Waals surface area contributed by atoms with Crippen LogP contribution in [0.1, 0.15) is 10.4 Å². The van der Waals surface area contributed by atoms with Crippen molar-refractivity contribution in [3.63, 3.8) is 0 Å². The first kappa shape index (κ1) is 18.9. The van der Waals surface area contributed by atoms with Gasteiger partial charge in [0.2, 0.25) is 5.95 Å². The van der Waals surface area contributed by atoms with E-state index >= 15 is 0 Å². The fraction of sp³-hybridized carbons (Fsp3) is 0.412. The molecule has 1 aromatic heterocycles. The van der Waals surface area contributed by atoms with Crippen LogP contribution in [0.15, 0.2) is 30.6 Å². The molecule has 1 aliphatic heterocycles. The predicted molar refractivity (Wildman–Crippen MR) is 98.1 cm³/mol. The average molecular weight is 367 g/mol. The number of ether oxygens (including phenoxy) is 2. The van der Waals surface area contributed by atoms with Crippen LogP contribution < -0.4 is 14.4 Å². The summed E-state index contributed by atoms with van der Waals surface area (Å²) in [6.07, 6.45) is 3.71. The molecule has 0 spiro atoms. The molecule has 25 heavy (non-hydrogen) atoms. The number of nitrogens with zero attached hydrogens (tertiary/aromatic N) is 4. The molecule has 0 atom stereocenters. The number of benzene rings is 1. The number of rotatable bonds is 4. The predicted octanol–water partition coefficient (Wildman–Crippen LogP) is 1.82. The summed E-state index contributed by atoms with van der Waals surface area (Å²) in [5, 5.41) is 0. The lowest BCUT2D eigenvalue weighted by Crippen LogP contribution is -2.49. The maximum atomic E-state index is 12.8. The Balaban J connectivity index is 0.00000225. The summed E-state index contributed by atoms with van der Waals surface area (Å²) < 4.78 is 12.5. The van der Waals surface area contributed by atoms with Gasteiger partial charge in [-0.15, -0.1) is 12.4 Å². The molecule has 8 heteroatoms. The number of carbonyl (C=O) groups is 1. The molecule has 2 aromatic rings. The second-order valence-electron chi connectivity index (χ2n) is 5.72. The molecule has 1 aliphatic rings. The van der Waals surface area contributed by atoms with E-state index in [9.17, 15) is 4.79 Å². The highest BCUT2D eigenvalue weighted by molar-refractivity contribution is 5.95. The van der Waals surface area contributed by atoms with Crippen molar-refractivity contribution < 1.29 is 14.3 Å². The molecular formula is C17H23ClN4O3. The van der Waals surface area contributed by atoms with Crippen molar-refractivity contribution in [2.75, 3.05) is 45.3 Å². The SMILES string of the molecule is COc1cc(OC)cc(C(=O)N2CCN(c3nccn3C)CC2)c1.Cl. The van der Waals surface area contributed by atoms with E-state index in [2.05, 4.69) is 9.88 Å². The Morgan fingerprint density at radius 1 is 1.04 bits per heavy atom. The number of imidazole rings is 1. The Hall–Kier alpha value is -2.41. The number of hydrogen-bond acceptors (Lipinski definition) is 5. The van der Waals surface area contributed by atoms with Crippen LogP contribution in [0.5, 0.6) is 11.5 Å². The minimum Gasteiger partial charge on any atom is -0.497 e. The summed E-state index contributed by atoms with van der Waals surface area (Å²) >= 11 is 0. The third-order valence-electron chi connectivity index (χ3n) is 4.24. The number of aryl methyl sites for hydroxylation is 1. The summed E-state index contributed by atoms with van der Waals surface area (Å²) in [7, 11) is 5.13. The number of piperazine rings is 1. The van der Waals surface area contributed by atoms with E-state index in [1.54, 1.807) is 38.6 Å². The second-order valence-corrected chi connectivity index (χ2v) is 5.72. The molecule has 2 heterocycles. The molecule has 0 N–H and O–H groups in total. The van der Waals surface area contributed by atoms with Gasteiger partial charge < -0.3 is 23.8 Å². The Morgan fingerprint density at radius 2 is 1.64 bits per heavy atom. The third kappa shape index (κ3) is 3.99. The molecule has 0 radical (unpaired) electrons. The summed E-state index contributed by atoms with van der Waals surface area (Å²) in [4.78, 5) is 21.2. The summed E-state index contributed by atoms with van der Waals surface area (Å²) in [6, 6.07) is 5.25. The summed E-state index contributed by atoms with van der Waals surface area (Å²) in [5.74, 6) is 2.16. The lowest BCUT2D eigenvalue weighted by molar-refractivity contribution is 0.0745. The molecule has 1 fully saturated rings. The van der Waals surface area contributed by atoms with E-state index in [-0.39, 0.29) is 18.3 Å². The standard InChI is InChI=1S/C17H22N4O3.ClH/c1-19-5-4-18-17(19)21-8-6-20(7-9-21)16(22)13-10-14(23-2)12-15(11-13)24-3;/h4-5,10-12H,6-9H2,1-3H3;1H. The maximum Gasteiger partial charge on any atom is 0.254 e. The highest BCUT2D eigenvalue weighted by Gasteiger charge is 2.24. The van der Waals surface area contributed by atoms with E-state index in [0.29, 0.717) is 30.2 Å². The molecular weight excluding hydrogens is 344 g/mol. The van der Waals surface area contributed by atoms with Gasteiger partial charge in [-0.3, -0.25) is 4.79 Å². The number of aromatic nitrogens is 2. The zero-order valence-electron chi connectivity index (χ0n) is 14.6. The van der Waals surface area contributed by atoms with Crippen LogP contribution in [-0.4, -0.2) is 60.8 Å². The number of halogens is 1. The van der Waals surface area contributed by atoms with Gasteiger partial charge in [-0.2, -0.15) is 0 Å². The van der Waals surface area contributed by atoms with Gasteiger partial charge >= 0.3 is 0 Å². The number of hydrogen-bond donors (Lipinski definition) is 0. The van der Waals surface area contributed by atoms with Crippen LogP contribution in [0, 0.1) is 0 Å². The third-order valence-corrected chi connectivity index (χ3v) is 4.24. The van der Waals surface area contributed by atoms with Crippen LogP contribution in [0.3, 0.4) is 0 Å². The Morgan fingerprint density at radius 3 is 2.12 bits per heavy atom. The summed E-state index contributed by atoms with van der Waals surface area (Å²) in [6.45, 7) is 2.84. The van der Waals surface area contributed by atoms with E-state index < -0.39 is 0 Å². The summed E-state index contributed by atoms with van der Waals surface area (Å²) in [5.41, 5.74) is 0.580. The molecule has 3 rings (SSSR count). The number of amides is 1. The van der Waals surface area contributed by atoms with Crippen molar-refractivity contribution in [1.82, 2.24) is 14.5 Å². The van der Waals surface area contributed by atoms with Crippen LogP contribution in [0.2, 0.25) is 0 Å². The first-order valence-corrected chi connectivity index (χ1v) is 7.87. The lowest BCUT2D eigenvalue weighted by atomic mass is 10.1. The largest absolute Gasteiger partial charge is 0.497 e. The molecule has 0 saturated carbocycles. The van der Waals surface area contributed by atoms with E-state index in [0.717, 1.165) is 19.0 Å². The monoisotopic (exact) mass is 366 g/mol. The minimum atomic E-state index is -0.00769. The quantitative estimate of drug-likeness (QED) is 0.826. The van der Waals surface area contributed by atoms with Crippen molar-refractivity contribution in [3.05, 3.63) is 36.2 Å². The molecule has 0 unspecified atom stereocenters. The van der Waals surface area contributed by atoms with Crippen LogP contribution in [-0.2, 0) is 7.05 Å². The maximum absolute atomic E-state index is 12.8. The van der Waals surface area contributed by atoms with E-state index in [4.69, 9.17) is 9.47 Å². The van der Waals surface area contributed by atoms with E-state index in [1.165, 1.54) is 0 Å². The van der Waals surface area contributed by atoms with Gasteiger partial charge in [-0.25, -0.2) is 4.98 Å². The molecule has 7 nitrogen and oxygen atoms in total. The molecule has 1 amide bonds. The van der Waals surface area contributed by atoms with Crippen molar-refractivity contribution >= 4 is 24.3 Å². The minimum absolute atomic E-state index is 0. The van der Waals surface area contributed by atoms with Gasteiger partial charge in [0.25, 0.3) is 5.91 Å². The van der Waals surface area contributed by atoms with Gasteiger partial charge in [0.15, 0.2) is 0 Å². The van der Waals surface area contributed by atoms with Gasteiger partial charge in [0, 0.05) is 57.3 Å². The first-order chi connectivity index (χ1) is 11.6. The van der Waals surface area contributed by atoms with Crippen molar-refractivity contribution in [1.29, 1.82) is 0 Å². The fourth-order valence-corrected chi connectivity index (χ4v) is 2.89. The van der Waals surface area contributed by atoms with Gasteiger partial charge in [-0.05, 0) is 12.1 Å². The first-order valence-electron chi connectivity index (χ1n) is 7.87. The smallest absolute Gasteiger partial charge is 0.254 e. The number of methoxy groups -OCH3 is 2. The highest BCUT2D eigenvalue weighted by atomic mass is 35.5. The fourth-order valence-electron chi connectivity index (χ4n) is 2.89. The van der Waals surface area contributed by atoms with Gasteiger partial charge in [0.1, 0.15) is 11.5 Å². The number of carbonyl (C=O) groups excluding carboxylic acids is 1. The topological polar surface area (TPSA) is 59.8 Å². The molecule has 1 aromatic carbocycles. The number of anilines is 1. The van der Waals surface area contributed by atoms with Crippen LogP contribution >= 0.6 is 12.4 Å². The van der Waals surface area contributed by atoms with Crippen LogP contribution in [0.25, 0.3) is 0 Å². The molecule has 1 saturated heterocycles. The zero-order valence-corrected chi connectivity index (χ0v) is 15.5. The van der Waals surface area contributed by atoms with Gasteiger partial charge in [-0.1, -0.05) is 0 Å². The normalized spacial score (nSPS) is 14.0. The lowest BCUT2D eigenvalue weighted by Gasteiger charge is -2.35. The molecule has 0 bridgehead atoms.